The fourth-order valence-electron chi connectivity index (χ4n) is 0.965. The van der Waals surface area contributed by atoms with E-state index in [1.807, 2.05) is 12.1 Å². The van der Waals surface area contributed by atoms with Crippen molar-refractivity contribution in [2.75, 3.05) is 0 Å². The van der Waals surface area contributed by atoms with Gasteiger partial charge >= 0.3 is 0 Å². The van der Waals surface area contributed by atoms with E-state index in [1.54, 1.807) is 6.07 Å². The highest BCUT2D eigenvalue weighted by Crippen LogP contribution is 2.15. The van der Waals surface area contributed by atoms with Crippen LogP contribution in [0.25, 0.3) is 0 Å². The molecule has 0 saturated heterocycles. The molecule has 1 aromatic carbocycles. The maximum absolute atomic E-state index is 10.6. The summed E-state index contributed by atoms with van der Waals surface area (Å²) in [5.41, 5.74) is 1.79. The van der Waals surface area contributed by atoms with Gasteiger partial charge < -0.3 is 5.32 Å². The van der Waals surface area contributed by atoms with Crippen LogP contribution in [0.4, 0.5) is 0 Å². The van der Waals surface area contributed by atoms with Gasteiger partial charge in [-0.2, -0.15) is 0 Å². The molecule has 1 radical (unpaired) electrons. The topological polar surface area (TPSA) is 29.1 Å². The summed E-state index contributed by atoms with van der Waals surface area (Å²) in [6.07, 6.45) is 0. The second-order valence-electron chi connectivity index (χ2n) is 2.84. The van der Waals surface area contributed by atoms with E-state index < -0.39 is 0 Å². The van der Waals surface area contributed by atoms with Crippen LogP contribution < -0.4 is 5.32 Å². The van der Waals surface area contributed by atoms with Crippen LogP contribution in [0.2, 0.25) is 5.02 Å². The smallest absolute Gasteiger partial charge is 0.217 e. The summed E-state index contributed by atoms with van der Waals surface area (Å²) in [7, 11) is 0. The molecule has 1 N–H and O–H groups in total. The van der Waals surface area contributed by atoms with Crippen molar-refractivity contribution in [1.82, 2.24) is 5.32 Å². The zero-order chi connectivity index (χ0) is 9.84. The average Bonchev–Trinajstić information content (AvgIpc) is 2.07. The second-order valence-corrected chi connectivity index (χ2v) is 3.24. The first-order valence-electron chi connectivity index (χ1n) is 3.94. The van der Waals surface area contributed by atoms with Gasteiger partial charge in [-0.3, -0.25) is 4.79 Å². The van der Waals surface area contributed by atoms with Gasteiger partial charge in [0.15, 0.2) is 0 Å². The molecule has 0 aliphatic heterocycles. The van der Waals surface area contributed by atoms with Gasteiger partial charge in [0.05, 0.1) is 0 Å². The van der Waals surface area contributed by atoms with E-state index in [9.17, 15) is 4.79 Å². The summed E-state index contributed by atoms with van der Waals surface area (Å²) in [5, 5.41) is 3.34. The molecule has 0 unspecified atom stereocenters. The quantitative estimate of drug-likeness (QED) is 0.772. The predicted octanol–water partition coefficient (Wildman–Crippen LogP) is 2.16. The molecule has 0 aliphatic rings. The summed E-state index contributed by atoms with van der Waals surface area (Å²) in [6.45, 7) is 5.77. The molecule has 0 aliphatic carbocycles. The maximum Gasteiger partial charge on any atom is 0.217 e. The maximum atomic E-state index is 10.6. The molecule has 0 saturated carbocycles. The molecule has 13 heavy (non-hydrogen) atoms. The van der Waals surface area contributed by atoms with Gasteiger partial charge in [0.1, 0.15) is 0 Å². The van der Waals surface area contributed by atoms with Crippen molar-refractivity contribution >= 4 is 17.5 Å². The third kappa shape index (κ3) is 3.07. The van der Waals surface area contributed by atoms with E-state index in [0.29, 0.717) is 11.6 Å². The lowest BCUT2D eigenvalue weighted by Crippen LogP contribution is -2.18. The van der Waals surface area contributed by atoms with Crippen molar-refractivity contribution < 1.29 is 4.79 Å². The average molecular weight is 197 g/mol. The first kappa shape index (κ1) is 10.1. The highest BCUT2D eigenvalue weighted by Gasteiger charge is 1.98. The van der Waals surface area contributed by atoms with Gasteiger partial charge in [0, 0.05) is 18.5 Å². The standard InChI is InChI=1S/C10H11ClNO/c1-7-5-9(3-4-10(7)11)6-12-8(2)13/h3-5H,1,6H2,2H3,(H,12,13). The molecule has 0 aromatic heterocycles. The molecule has 3 heteroatoms. The molecule has 1 aromatic rings. The van der Waals surface area contributed by atoms with Crippen LogP contribution in [0.3, 0.4) is 0 Å². The minimum absolute atomic E-state index is 0.0411. The minimum Gasteiger partial charge on any atom is -0.352 e. The molecule has 0 heterocycles. The Morgan fingerprint density at radius 3 is 2.85 bits per heavy atom. The normalized spacial score (nSPS) is 9.77. The number of carbonyl (C=O) groups is 1. The number of nitrogens with one attached hydrogen (secondary N) is 1. The molecular weight excluding hydrogens is 186 g/mol. The summed E-state index contributed by atoms with van der Waals surface area (Å²) < 4.78 is 0. The summed E-state index contributed by atoms with van der Waals surface area (Å²) >= 11 is 5.79. The fourth-order valence-corrected chi connectivity index (χ4v) is 1.08. The van der Waals surface area contributed by atoms with Crippen molar-refractivity contribution in [3.05, 3.63) is 41.3 Å². The Morgan fingerprint density at radius 1 is 1.62 bits per heavy atom. The largest absolute Gasteiger partial charge is 0.352 e. The summed E-state index contributed by atoms with van der Waals surface area (Å²) in [6, 6.07) is 5.51. The third-order valence-corrected chi connectivity index (χ3v) is 2.02. The van der Waals surface area contributed by atoms with Crippen LogP contribution in [-0.4, -0.2) is 5.91 Å². The Bertz CT molecular complexity index is 323. The lowest BCUT2D eigenvalue weighted by atomic mass is 10.1. The number of amides is 1. The lowest BCUT2D eigenvalue weighted by molar-refractivity contribution is -0.119. The summed E-state index contributed by atoms with van der Waals surface area (Å²) in [4.78, 5) is 10.6. The van der Waals surface area contributed by atoms with Crippen molar-refractivity contribution in [2.45, 2.75) is 13.5 Å². The Labute approximate surface area is 82.9 Å². The third-order valence-electron chi connectivity index (χ3n) is 1.65. The zero-order valence-electron chi connectivity index (χ0n) is 7.43. The second kappa shape index (κ2) is 4.28. The van der Waals surface area contributed by atoms with E-state index in [2.05, 4.69) is 12.2 Å². The predicted molar refractivity (Wildman–Crippen MR) is 53.4 cm³/mol. The van der Waals surface area contributed by atoms with Crippen LogP contribution in [0, 0.1) is 6.92 Å². The van der Waals surface area contributed by atoms with Crippen molar-refractivity contribution in [3.63, 3.8) is 0 Å². The van der Waals surface area contributed by atoms with E-state index in [4.69, 9.17) is 11.6 Å². The Balaban J connectivity index is 2.68. The Morgan fingerprint density at radius 2 is 2.31 bits per heavy atom. The van der Waals surface area contributed by atoms with Crippen molar-refractivity contribution in [2.24, 2.45) is 0 Å². The lowest BCUT2D eigenvalue weighted by Gasteiger charge is -2.04. The monoisotopic (exact) mass is 196 g/mol. The van der Waals surface area contributed by atoms with Crippen LogP contribution in [0.5, 0.6) is 0 Å². The fraction of sp³-hybridized carbons (Fsp3) is 0.200. The SMILES string of the molecule is [CH2]c1cc(CNC(C)=O)ccc1Cl. The van der Waals surface area contributed by atoms with E-state index in [0.717, 1.165) is 11.1 Å². The van der Waals surface area contributed by atoms with E-state index in [-0.39, 0.29) is 5.91 Å². The number of hydrogen-bond donors (Lipinski definition) is 1. The van der Waals surface area contributed by atoms with Gasteiger partial charge in [0.2, 0.25) is 5.91 Å². The van der Waals surface area contributed by atoms with Crippen LogP contribution in [0.15, 0.2) is 18.2 Å². The number of halogens is 1. The number of rotatable bonds is 2. The molecule has 0 spiro atoms. The molecule has 69 valence electrons. The van der Waals surface area contributed by atoms with Gasteiger partial charge in [0.25, 0.3) is 0 Å². The Kier molecular flexibility index (Phi) is 3.32. The first-order valence-corrected chi connectivity index (χ1v) is 4.32. The molecule has 2 nitrogen and oxygen atoms in total. The van der Waals surface area contributed by atoms with Gasteiger partial charge in [-0.05, 0) is 24.1 Å². The number of benzene rings is 1. The zero-order valence-corrected chi connectivity index (χ0v) is 8.19. The van der Waals surface area contributed by atoms with E-state index >= 15 is 0 Å². The molecular formula is C10H11ClNO. The highest BCUT2D eigenvalue weighted by molar-refractivity contribution is 6.31. The molecule has 0 fully saturated rings. The van der Waals surface area contributed by atoms with Crippen LogP contribution >= 0.6 is 11.6 Å². The van der Waals surface area contributed by atoms with Gasteiger partial charge in [-0.15, -0.1) is 0 Å². The first-order chi connectivity index (χ1) is 6.09. The van der Waals surface area contributed by atoms with Gasteiger partial charge in [-0.25, -0.2) is 0 Å². The number of carbonyl (C=O) groups excluding carboxylic acids is 1. The van der Waals surface area contributed by atoms with Gasteiger partial charge in [-0.1, -0.05) is 23.7 Å². The van der Waals surface area contributed by atoms with Crippen LogP contribution in [-0.2, 0) is 11.3 Å². The van der Waals surface area contributed by atoms with Crippen molar-refractivity contribution in [1.29, 1.82) is 0 Å². The minimum atomic E-state index is -0.0411. The van der Waals surface area contributed by atoms with Crippen molar-refractivity contribution in [3.8, 4) is 0 Å². The highest BCUT2D eigenvalue weighted by atomic mass is 35.5. The molecule has 0 bridgehead atoms. The molecule has 1 rings (SSSR count). The molecule has 1 amide bonds. The number of hydrogen-bond acceptors (Lipinski definition) is 1. The molecule has 0 atom stereocenters. The van der Waals surface area contributed by atoms with Crippen LogP contribution in [0.1, 0.15) is 18.1 Å². The van der Waals surface area contributed by atoms with E-state index in [1.165, 1.54) is 6.92 Å². The Hall–Kier alpha value is -1.02. The summed E-state index contributed by atoms with van der Waals surface area (Å²) in [5.74, 6) is -0.0411.